The van der Waals surface area contributed by atoms with E-state index in [1.807, 2.05) is 72.0 Å². The Balaban J connectivity index is 1.35. The third-order valence-corrected chi connectivity index (χ3v) is 8.45. The average molecular weight is 531 g/mol. The molecule has 0 aliphatic carbocycles. The molecule has 4 nitrogen and oxygen atoms in total. The molecule has 3 aromatic heterocycles. The number of hydrogen-bond donors (Lipinski definition) is 0. The third kappa shape index (κ3) is 3.79. The van der Waals surface area contributed by atoms with Gasteiger partial charge in [-0.1, -0.05) is 97.1 Å². The van der Waals surface area contributed by atoms with Crippen molar-refractivity contribution in [3.8, 4) is 39.9 Å². The number of fused-ring (bicyclic) bond motifs is 5. The molecule has 188 valence electrons. The van der Waals surface area contributed by atoms with E-state index in [0.29, 0.717) is 17.6 Å². The molecule has 0 saturated carbocycles. The Labute approximate surface area is 234 Å². The van der Waals surface area contributed by atoms with E-state index in [9.17, 15) is 0 Å². The molecule has 0 amide bonds. The molecule has 0 atom stereocenters. The van der Waals surface area contributed by atoms with Crippen LogP contribution in [0.2, 0.25) is 0 Å². The summed E-state index contributed by atoms with van der Waals surface area (Å²) >= 11 is 1.83. The summed E-state index contributed by atoms with van der Waals surface area (Å²) in [6.45, 7) is 0. The lowest BCUT2D eigenvalue weighted by Crippen LogP contribution is -2.05. The van der Waals surface area contributed by atoms with Crippen molar-refractivity contribution in [1.82, 2.24) is 19.5 Å². The highest BCUT2D eigenvalue weighted by Gasteiger charge is 2.16. The maximum atomic E-state index is 4.95. The zero-order valence-electron chi connectivity index (χ0n) is 21.4. The first-order valence-corrected chi connectivity index (χ1v) is 14.0. The normalized spacial score (nSPS) is 11.5. The first-order chi connectivity index (χ1) is 19.8. The minimum absolute atomic E-state index is 0.603. The zero-order chi connectivity index (χ0) is 26.5. The summed E-state index contributed by atoms with van der Waals surface area (Å²) in [6, 6.07) is 44.1. The minimum Gasteiger partial charge on any atom is -0.285 e. The highest BCUT2D eigenvalue weighted by molar-refractivity contribution is 7.26. The average Bonchev–Trinajstić information content (AvgIpc) is 3.63. The molecule has 40 heavy (non-hydrogen) atoms. The molecule has 8 aromatic rings. The predicted octanol–water partition coefficient (Wildman–Crippen LogP) is 9.18. The molecule has 0 saturated heterocycles. The van der Waals surface area contributed by atoms with Crippen LogP contribution in [0.5, 0.6) is 0 Å². The van der Waals surface area contributed by atoms with E-state index >= 15 is 0 Å². The van der Waals surface area contributed by atoms with Crippen LogP contribution in [0.3, 0.4) is 0 Å². The van der Waals surface area contributed by atoms with Gasteiger partial charge in [0.2, 0.25) is 5.95 Å². The third-order valence-electron chi connectivity index (χ3n) is 7.31. The minimum atomic E-state index is 0.603. The van der Waals surface area contributed by atoms with Crippen molar-refractivity contribution in [1.29, 1.82) is 0 Å². The van der Waals surface area contributed by atoms with Gasteiger partial charge in [0, 0.05) is 42.9 Å². The second-order valence-corrected chi connectivity index (χ2v) is 10.8. The van der Waals surface area contributed by atoms with Gasteiger partial charge in [-0.05, 0) is 41.5 Å². The van der Waals surface area contributed by atoms with Crippen LogP contribution in [0.1, 0.15) is 0 Å². The molecule has 0 radical (unpaired) electrons. The monoisotopic (exact) mass is 530 g/mol. The summed E-state index contributed by atoms with van der Waals surface area (Å²) < 4.78 is 4.64. The lowest BCUT2D eigenvalue weighted by Gasteiger charge is -2.10. The molecular formula is C35H22N4S. The molecule has 5 aromatic carbocycles. The molecular weight excluding hydrogens is 508 g/mol. The van der Waals surface area contributed by atoms with Gasteiger partial charge in [-0.2, -0.15) is 9.97 Å². The quantitative estimate of drug-likeness (QED) is 0.228. The van der Waals surface area contributed by atoms with Crippen LogP contribution in [0.4, 0.5) is 0 Å². The molecule has 0 fully saturated rings. The maximum Gasteiger partial charge on any atom is 0.238 e. The fourth-order valence-corrected chi connectivity index (χ4v) is 6.48. The summed E-state index contributed by atoms with van der Waals surface area (Å²) in [5, 5.41) is 3.74. The van der Waals surface area contributed by atoms with Crippen molar-refractivity contribution in [3.05, 3.63) is 134 Å². The van der Waals surface area contributed by atoms with Gasteiger partial charge in [0.25, 0.3) is 0 Å². The SMILES string of the molecule is c1ccc(-c2ccc3sc4ccc5c(ccn5-c5nc(-c6ccccc6)nc(-c6ccccc6)n5)c4c3c2)cc1. The van der Waals surface area contributed by atoms with Gasteiger partial charge in [0.15, 0.2) is 11.6 Å². The Morgan fingerprint density at radius 1 is 0.475 bits per heavy atom. The van der Waals surface area contributed by atoms with Crippen LogP contribution in [0.25, 0.3) is 70.9 Å². The largest absolute Gasteiger partial charge is 0.285 e. The van der Waals surface area contributed by atoms with Crippen molar-refractivity contribution in [3.63, 3.8) is 0 Å². The van der Waals surface area contributed by atoms with E-state index in [1.54, 1.807) is 0 Å². The zero-order valence-corrected chi connectivity index (χ0v) is 22.2. The number of hydrogen-bond acceptors (Lipinski definition) is 4. The van der Waals surface area contributed by atoms with E-state index in [-0.39, 0.29) is 0 Å². The van der Waals surface area contributed by atoms with Crippen molar-refractivity contribution >= 4 is 42.4 Å². The Morgan fingerprint density at radius 3 is 1.73 bits per heavy atom. The molecule has 0 bridgehead atoms. The molecule has 0 unspecified atom stereocenters. The smallest absolute Gasteiger partial charge is 0.238 e. The highest BCUT2D eigenvalue weighted by atomic mass is 32.1. The van der Waals surface area contributed by atoms with E-state index in [4.69, 9.17) is 15.0 Å². The van der Waals surface area contributed by atoms with Gasteiger partial charge in [-0.25, -0.2) is 4.98 Å². The predicted molar refractivity (Wildman–Crippen MR) is 166 cm³/mol. The fraction of sp³-hybridized carbons (Fsp3) is 0. The first kappa shape index (κ1) is 22.8. The van der Waals surface area contributed by atoms with E-state index in [2.05, 4.69) is 77.5 Å². The number of aromatic nitrogens is 4. The second-order valence-electron chi connectivity index (χ2n) is 9.75. The van der Waals surface area contributed by atoms with Gasteiger partial charge in [-0.15, -0.1) is 11.3 Å². The van der Waals surface area contributed by atoms with E-state index in [0.717, 1.165) is 16.6 Å². The molecule has 8 rings (SSSR count). The van der Waals surface area contributed by atoms with Crippen LogP contribution in [-0.2, 0) is 0 Å². The number of benzene rings is 5. The fourth-order valence-electron chi connectivity index (χ4n) is 5.38. The van der Waals surface area contributed by atoms with Gasteiger partial charge in [-0.3, -0.25) is 4.57 Å². The first-order valence-electron chi connectivity index (χ1n) is 13.2. The summed E-state index contributed by atoms with van der Waals surface area (Å²) in [4.78, 5) is 14.7. The van der Waals surface area contributed by atoms with Crippen LogP contribution in [-0.4, -0.2) is 19.5 Å². The summed E-state index contributed by atoms with van der Waals surface area (Å²) in [5.41, 5.74) is 5.43. The lowest BCUT2D eigenvalue weighted by atomic mass is 10.0. The van der Waals surface area contributed by atoms with E-state index < -0.39 is 0 Å². The van der Waals surface area contributed by atoms with Crippen LogP contribution >= 0.6 is 11.3 Å². The molecule has 0 N–H and O–H groups in total. The van der Waals surface area contributed by atoms with Crippen molar-refractivity contribution in [2.24, 2.45) is 0 Å². The maximum absolute atomic E-state index is 4.95. The summed E-state index contributed by atoms with van der Waals surface area (Å²) in [5.74, 6) is 1.91. The lowest BCUT2D eigenvalue weighted by molar-refractivity contribution is 0.933. The van der Waals surface area contributed by atoms with Gasteiger partial charge in [0.05, 0.1) is 5.52 Å². The summed E-state index contributed by atoms with van der Waals surface area (Å²) in [7, 11) is 0. The van der Waals surface area contributed by atoms with Gasteiger partial charge in [0.1, 0.15) is 0 Å². The summed E-state index contributed by atoms with van der Waals surface area (Å²) in [6.07, 6.45) is 2.08. The second kappa shape index (κ2) is 9.26. The number of rotatable bonds is 4. The van der Waals surface area contributed by atoms with Crippen molar-refractivity contribution in [2.45, 2.75) is 0 Å². The van der Waals surface area contributed by atoms with Gasteiger partial charge < -0.3 is 0 Å². The van der Waals surface area contributed by atoms with E-state index in [1.165, 1.54) is 36.7 Å². The Kier molecular flexibility index (Phi) is 5.28. The molecule has 0 aliphatic rings. The molecule has 0 spiro atoms. The van der Waals surface area contributed by atoms with Crippen molar-refractivity contribution < 1.29 is 0 Å². The molecule has 5 heteroatoms. The highest BCUT2D eigenvalue weighted by Crippen LogP contribution is 2.41. The number of thiophene rings is 1. The Hall–Kier alpha value is -5.13. The molecule has 0 aliphatic heterocycles. The van der Waals surface area contributed by atoms with Crippen LogP contribution in [0.15, 0.2) is 134 Å². The topological polar surface area (TPSA) is 43.6 Å². The van der Waals surface area contributed by atoms with Gasteiger partial charge >= 0.3 is 0 Å². The Morgan fingerprint density at radius 2 is 1.07 bits per heavy atom. The standard InChI is InChI=1S/C35H22N4S/c1-4-10-23(11-5-1)26-16-18-30-28(22-26)32-27-20-21-39(29(27)17-19-31(32)40-30)35-37-33(24-12-6-2-7-13-24)36-34(38-35)25-14-8-3-9-15-25/h1-22H. The van der Waals surface area contributed by atoms with Crippen LogP contribution in [0, 0.1) is 0 Å². The van der Waals surface area contributed by atoms with Crippen LogP contribution < -0.4 is 0 Å². The molecule has 3 heterocycles. The Bertz CT molecular complexity index is 2090. The number of nitrogens with zero attached hydrogens (tertiary/aromatic N) is 4. The van der Waals surface area contributed by atoms with Crippen molar-refractivity contribution in [2.75, 3.05) is 0 Å².